The maximum Gasteiger partial charge on any atom is 0.420 e. The van der Waals surface area contributed by atoms with Gasteiger partial charge in [-0.15, -0.1) is 0 Å². The van der Waals surface area contributed by atoms with Crippen molar-refractivity contribution in [1.82, 2.24) is 13.8 Å². The number of hydrogen-bond acceptors (Lipinski definition) is 6. The first-order valence-corrected chi connectivity index (χ1v) is 13.4. The molecule has 3 heterocycles. The van der Waals surface area contributed by atoms with Gasteiger partial charge in [-0.2, -0.15) is 4.31 Å². The van der Waals surface area contributed by atoms with E-state index < -0.39 is 15.8 Å². The topological polar surface area (TPSA) is 96.1 Å². The van der Waals surface area contributed by atoms with Gasteiger partial charge in [0.2, 0.25) is 15.9 Å². The number of nitrogens with zero attached hydrogens (tertiary/aromatic N) is 4. The Morgan fingerprint density at radius 2 is 1.74 bits per heavy atom. The van der Waals surface area contributed by atoms with Gasteiger partial charge in [-0.3, -0.25) is 9.36 Å². The van der Waals surface area contributed by atoms with Crippen molar-refractivity contribution in [3.8, 4) is 0 Å². The lowest BCUT2D eigenvalue weighted by molar-refractivity contribution is -0.132. The van der Waals surface area contributed by atoms with Crippen LogP contribution in [0, 0.1) is 6.92 Å². The molecule has 9 nitrogen and oxygen atoms in total. The van der Waals surface area contributed by atoms with Gasteiger partial charge in [-0.05, 0) is 51.0 Å². The molecule has 1 aromatic heterocycles. The fourth-order valence-corrected chi connectivity index (χ4v) is 6.51. The van der Waals surface area contributed by atoms with Crippen molar-refractivity contribution in [3.05, 3.63) is 58.6 Å². The Labute approximate surface area is 204 Å². The molecule has 0 unspecified atom stereocenters. The zero-order chi connectivity index (χ0) is 24.7. The average Bonchev–Trinajstić information content (AvgIpc) is 3.48. The highest BCUT2D eigenvalue weighted by Crippen LogP contribution is 2.25. The highest BCUT2D eigenvalue weighted by molar-refractivity contribution is 7.89. The van der Waals surface area contributed by atoms with E-state index in [1.807, 2.05) is 0 Å². The number of aromatic nitrogens is 1. The van der Waals surface area contributed by atoms with Crippen molar-refractivity contribution in [2.45, 2.75) is 44.2 Å². The van der Waals surface area contributed by atoms with Crippen LogP contribution in [0.3, 0.4) is 0 Å². The zero-order valence-corrected chi connectivity index (χ0v) is 20.8. The molecule has 0 bridgehead atoms. The molecule has 1 atom stereocenters. The monoisotopic (exact) mass is 498 g/mol. The summed E-state index contributed by atoms with van der Waals surface area (Å²) in [5, 5.41) is 0. The van der Waals surface area contributed by atoms with E-state index in [0.29, 0.717) is 38.2 Å². The molecule has 0 spiro atoms. The molecular formula is C25H30N4O5S. The van der Waals surface area contributed by atoms with Crippen LogP contribution in [0.1, 0.15) is 25.3 Å². The predicted octanol–water partition coefficient (Wildman–Crippen LogP) is 2.42. The fraction of sp³-hybridized carbons (Fsp3) is 0.440. The van der Waals surface area contributed by atoms with Gasteiger partial charge in [-0.25, -0.2) is 13.2 Å². The van der Waals surface area contributed by atoms with E-state index in [2.05, 4.69) is 43.0 Å². The number of anilines is 1. The number of benzene rings is 2. The van der Waals surface area contributed by atoms with E-state index in [1.165, 1.54) is 26.6 Å². The second-order valence-electron chi connectivity index (χ2n) is 9.41. The summed E-state index contributed by atoms with van der Waals surface area (Å²) in [6.45, 7) is 6.79. The molecule has 186 valence electrons. The van der Waals surface area contributed by atoms with E-state index in [9.17, 15) is 18.0 Å². The van der Waals surface area contributed by atoms with Gasteiger partial charge in [-0.1, -0.05) is 17.7 Å². The maximum absolute atomic E-state index is 13.1. The number of carbonyl (C=O) groups is 1. The van der Waals surface area contributed by atoms with Crippen LogP contribution in [-0.2, 0) is 21.4 Å². The van der Waals surface area contributed by atoms with Crippen LogP contribution in [0.5, 0.6) is 0 Å². The molecule has 2 saturated heterocycles. The third-order valence-electron chi connectivity index (χ3n) is 6.98. The number of aryl methyl sites for hydroxylation is 1. The Morgan fingerprint density at radius 1 is 1.03 bits per heavy atom. The van der Waals surface area contributed by atoms with Crippen molar-refractivity contribution in [1.29, 1.82) is 0 Å². The van der Waals surface area contributed by atoms with Crippen LogP contribution in [0.25, 0.3) is 11.1 Å². The SMILES string of the molecule is Cc1ccc(N2CCN(C(=O)Cn3c(=O)oc4cc(S(=O)(=O)N5CCCC5)ccc43)C[C@H]2C)cc1. The van der Waals surface area contributed by atoms with Gasteiger partial charge in [0.05, 0.1) is 10.4 Å². The minimum absolute atomic E-state index is 0.0974. The lowest BCUT2D eigenvalue weighted by atomic mass is 10.1. The summed E-state index contributed by atoms with van der Waals surface area (Å²) in [5.74, 6) is -0.839. The summed E-state index contributed by atoms with van der Waals surface area (Å²) in [4.78, 5) is 29.8. The lowest BCUT2D eigenvalue weighted by Crippen LogP contribution is -2.54. The summed E-state index contributed by atoms with van der Waals surface area (Å²) < 4.78 is 33.8. The number of amides is 1. The van der Waals surface area contributed by atoms with E-state index in [-0.39, 0.29) is 29.0 Å². The molecule has 3 aromatic rings. The second kappa shape index (κ2) is 9.16. The molecule has 2 fully saturated rings. The van der Waals surface area contributed by atoms with Crippen LogP contribution in [-0.4, -0.2) is 66.9 Å². The molecular weight excluding hydrogens is 468 g/mol. The van der Waals surface area contributed by atoms with Gasteiger partial charge >= 0.3 is 5.76 Å². The number of hydrogen-bond donors (Lipinski definition) is 0. The van der Waals surface area contributed by atoms with E-state index in [1.54, 1.807) is 11.0 Å². The molecule has 2 aliphatic heterocycles. The Bertz CT molecular complexity index is 1400. The van der Waals surface area contributed by atoms with Gasteiger partial charge < -0.3 is 14.2 Å². The minimum atomic E-state index is -3.63. The Morgan fingerprint density at radius 3 is 2.43 bits per heavy atom. The molecule has 0 aliphatic carbocycles. The first kappa shape index (κ1) is 23.6. The fourth-order valence-electron chi connectivity index (χ4n) is 4.97. The largest absolute Gasteiger partial charge is 0.420 e. The van der Waals surface area contributed by atoms with E-state index >= 15 is 0 Å². The summed E-state index contributed by atoms with van der Waals surface area (Å²) in [6.07, 6.45) is 1.68. The predicted molar refractivity (Wildman–Crippen MR) is 133 cm³/mol. The molecule has 10 heteroatoms. The quantitative estimate of drug-likeness (QED) is 0.536. The third kappa shape index (κ3) is 4.48. The third-order valence-corrected chi connectivity index (χ3v) is 8.88. The molecule has 1 amide bonds. The van der Waals surface area contributed by atoms with Crippen LogP contribution in [0.2, 0.25) is 0 Å². The van der Waals surface area contributed by atoms with Gasteiger partial charge in [0.25, 0.3) is 0 Å². The molecule has 2 aliphatic rings. The van der Waals surface area contributed by atoms with E-state index in [4.69, 9.17) is 4.42 Å². The zero-order valence-electron chi connectivity index (χ0n) is 20.0. The number of carbonyl (C=O) groups excluding carboxylic acids is 1. The molecule has 0 radical (unpaired) electrons. The lowest BCUT2D eigenvalue weighted by Gasteiger charge is -2.41. The smallest absolute Gasteiger partial charge is 0.408 e. The van der Waals surface area contributed by atoms with Crippen molar-refractivity contribution in [3.63, 3.8) is 0 Å². The average molecular weight is 499 g/mol. The first-order valence-electron chi connectivity index (χ1n) is 12.0. The second-order valence-corrected chi connectivity index (χ2v) is 11.4. The number of piperazine rings is 1. The van der Waals surface area contributed by atoms with Crippen LogP contribution in [0.4, 0.5) is 5.69 Å². The molecule has 2 aromatic carbocycles. The molecule has 0 saturated carbocycles. The summed E-state index contributed by atoms with van der Waals surface area (Å²) >= 11 is 0. The van der Waals surface area contributed by atoms with Crippen molar-refractivity contribution in [2.24, 2.45) is 0 Å². The summed E-state index contributed by atoms with van der Waals surface area (Å²) in [6, 6.07) is 12.9. The molecule has 0 N–H and O–H groups in total. The Kier molecular flexibility index (Phi) is 6.18. The van der Waals surface area contributed by atoms with Crippen molar-refractivity contribution >= 4 is 32.7 Å². The normalized spacial score (nSPS) is 19.5. The first-order chi connectivity index (χ1) is 16.7. The van der Waals surface area contributed by atoms with Gasteiger partial charge in [0, 0.05) is 50.5 Å². The van der Waals surface area contributed by atoms with Crippen LogP contribution >= 0.6 is 0 Å². The summed E-state index contributed by atoms with van der Waals surface area (Å²) in [5.41, 5.74) is 2.91. The van der Waals surface area contributed by atoms with Crippen LogP contribution in [0.15, 0.2) is 56.6 Å². The maximum atomic E-state index is 13.1. The van der Waals surface area contributed by atoms with Crippen LogP contribution < -0.4 is 10.7 Å². The minimum Gasteiger partial charge on any atom is -0.408 e. The Balaban J connectivity index is 1.31. The Hall–Kier alpha value is -3.11. The van der Waals surface area contributed by atoms with Crippen molar-refractivity contribution < 1.29 is 17.6 Å². The van der Waals surface area contributed by atoms with Gasteiger partial charge in [0.1, 0.15) is 6.54 Å². The standard InChI is InChI=1S/C25H30N4O5S/c1-18-5-7-20(8-6-18)28-14-13-26(16-19(28)2)24(30)17-29-22-10-9-21(15-23(22)34-25(29)31)35(32,33)27-11-3-4-12-27/h5-10,15,19H,3-4,11-14,16-17H2,1-2H3/t19-/m1/s1. The highest BCUT2D eigenvalue weighted by atomic mass is 32.2. The number of fused-ring (bicyclic) bond motifs is 1. The highest BCUT2D eigenvalue weighted by Gasteiger charge is 2.30. The summed E-state index contributed by atoms with van der Waals surface area (Å²) in [7, 11) is -3.63. The molecule has 35 heavy (non-hydrogen) atoms. The number of rotatable bonds is 5. The number of oxazole rings is 1. The molecule has 5 rings (SSSR count). The number of sulfonamides is 1. The van der Waals surface area contributed by atoms with Crippen molar-refractivity contribution in [2.75, 3.05) is 37.6 Å². The van der Waals surface area contributed by atoms with E-state index in [0.717, 1.165) is 18.5 Å². The van der Waals surface area contributed by atoms with Gasteiger partial charge in [0.15, 0.2) is 5.58 Å².